The molecule has 1 aliphatic rings. The number of azo groups is 1. The SMILES string of the molecule is CN1CCN(Cn2c(O)c(N=NC(N)=S)c3cc(OC(F)(F)F)ccc32)CC1. The van der Waals surface area contributed by atoms with Crippen molar-refractivity contribution < 1.29 is 23.0 Å². The summed E-state index contributed by atoms with van der Waals surface area (Å²) >= 11 is 4.65. The lowest BCUT2D eigenvalue weighted by molar-refractivity contribution is -0.274. The minimum atomic E-state index is -4.83. The van der Waals surface area contributed by atoms with Crippen LogP contribution in [0.4, 0.5) is 18.9 Å². The Morgan fingerprint density at radius 3 is 2.57 bits per heavy atom. The van der Waals surface area contributed by atoms with Crippen LogP contribution in [0.5, 0.6) is 11.6 Å². The maximum Gasteiger partial charge on any atom is 0.573 e. The zero-order valence-corrected chi connectivity index (χ0v) is 15.8. The van der Waals surface area contributed by atoms with Gasteiger partial charge in [0, 0.05) is 31.6 Å². The highest BCUT2D eigenvalue weighted by Gasteiger charge is 2.31. The first-order valence-electron chi connectivity index (χ1n) is 8.37. The van der Waals surface area contributed by atoms with E-state index in [2.05, 4.69) is 37.0 Å². The van der Waals surface area contributed by atoms with Crippen LogP contribution in [0.25, 0.3) is 10.9 Å². The summed E-state index contributed by atoms with van der Waals surface area (Å²) < 4.78 is 43.2. The van der Waals surface area contributed by atoms with Crippen molar-refractivity contribution in [3.8, 4) is 11.6 Å². The highest BCUT2D eigenvalue weighted by atomic mass is 32.1. The predicted molar refractivity (Wildman–Crippen MR) is 101 cm³/mol. The normalized spacial score (nSPS) is 16.9. The molecule has 0 amide bonds. The Morgan fingerprint density at radius 2 is 1.96 bits per heavy atom. The zero-order valence-electron chi connectivity index (χ0n) is 15.0. The highest BCUT2D eigenvalue weighted by Crippen LogP contribution is 2.41. The number of nitrogens with two attached hydrogens (primary N) is 1. The Labute approximate surface area is 164 Å². The average molecular weight is 416 g/mol. The fourth-order valence-electron chi connectivity index (χ4n) is 3.03. The largest absolute Gasteiger partial charge is 0.573 e. The molecule has 8 nitrogen and oxygen atoms in total. The lowest BCUT2D eigenvalue weighted by Crippen LogP contribution is -2.44. The van der Waals surface area contributed by atoms with Crippen molar-refractivity contribution in [2.24, 2.45) is 16.0 Å². The number of rotatable bonds is 4. The summed E-state index contributed by atoms with van der Waals surface area (Å²) in [6, 6.07) is 3.77. The van der Waals surface area contributed by atoms with Crippen molar-refractivity contribution in [1.29, 1.82) is 0 Å². The minimum Gasteiger partial charge on any atom is -0.493 e. The van der Waals surface area contributed by atoms with E-state index in [0.29, 0.717) is 12.2 Å². The summed E-state index contributed by atoms with van der Waals surface area (Å²) in [7, 11) is 2.02. The van der Waals surface area contributed by atoms with Crippen LogP contribution in [-0.4, -0.2) is 64.2 Å². The third-order valence-corrected chi connectivity index (χ3v) is 4.48. The molecule has 1 fully saturated rings. The highest BCUT2D eigenvalue weighted by molar-refractivity contribution is 7.80. The van der Waals surface area contributed by atoms with Crippen LogP contribution >= 0.6 is 12.2 Å². The summed E-state index contributed by atoms with van der Waals surface area (Å²) in [5.41, 5.74) is 5.78. The fourth-order valence-corrected chi connectivity index (χ4v) is 3.07. The van der Waals surface area contributed by atoms with Gasteiger partial charge in [0.05, 0.1) is 12.2 Å². The van der Waals surface area contributed by atoms with Crippen LogP contribution in [-0.2, 0) is 6.67 Å². The molecule has 2 aromatic rings. The van der Waals surface area contributed by atoms with E-state index in [1.165, 1.54) is 12.1 Å². The summed E-state index contributed by atoms with van der Waals surface area (Å²) in [6.07, 6.45) is -4.83. The molecule has 12 heteroatoms. The number of fused-ring (bicyclic) bond motifs is 1. The number of thiocarbonyl (C=S) groups is 1. The lowest BCUT2D eigenvalue weighted by Gasteiger charge is -2.32. The zero-order chi connectivity index (χ0) is 20.5. The van der Waals surface area contributed by atoms with Crippen molar-refractivity contribution in [1.82, 2.24) is 14.4 Å². The molecule has 0 saturated carbocycles. The first-order valence-corrected chi connectivity index (χ1v) is 8.78. The lowest BCUT2D eigenvalue weighted by atomic mass is 10.2. The number of alkyl halides is 3. The summed E-state index contributed by atoms with van der Waals surface area (Å²) in [5, 5.41) is 18.0. The molecule has 0 bridgehead atoms. The summed E-state index contributed by atoms with van der Waals surface area (Å²) in [6.45, 7) is 3.66. The van der Waals surface area contributed by atoms with Gasteiger partial charge >= 0.3 is 6.36 Å². The van der Waals surface area contributed by atoms with Gasteiger partial charge in [-0.2, -0.15) is 0 Å². The molecule has 0 aliphatic carbocycles. The van der Waals surface area contributed by atoms with Crippen molar-refractivity contribution in [3.05, 3.63) is 18.2 Å². The molecule has 3 N–H and O–H groups in total. The van der Waals surface area contributed by atoms with E-state index in [1.807, 2.05) is 7.05 Å². The number of nitrogens with zero attached hydrogens (tertiary/aromatic N) is 5. The van der Waals surface area contributed by atoms with Crippen LogP contribution in [0, 0.1) is 0 Å². The van der Waals surface area contributed by atoms with E-state index in [4.69, 9.17) is 5.73 Å². The van der Waals surface area contributed by atoms with Gasteiger partial charge in [-0.3, -0.25) is 9.47 Å². The van der Waals surface area contributed by atoms with E-state index < -0.39 is 12.1 Å². The van der Waals surface area contributed by atoms with Crippen LogP contribution in [0.2, 0.25) is 0 Å². The second-order valence-electron chi connectivity index (χ2n) is 6.43. The Hall–Kier alpha value is -2.44. The van der Waals surface area contributed by atoms with Crippen LogP contribution in [0.3, 0.4) is 0 Å². The quantitative estimate of drug-likeness (QED) is 0.588. The maximum absolute atomic E-state index is 12.6. The molecule has 0 spiro atoms. The van der Waals surface area contributed by atoms with E-state index >= 15 is 0 Å². The molecule has 1 saturated heterocycles. The van der Waals surface area contributed by atoms with Crippen LogP contribution in [0.1, 0.15) is 0 Å². The van der Waals surface area contributed by atoms with E-state index in [9.17, 15) is 18.3 Å². The number of hydrogen-bond donors (Lipinski definition) is 2. The Balaban J connectivity index is 2.02. The second kappa shape index (κ2) is 7.89. The van der Waals surface area contributed by atoms with Crippen molar-refractivity contribution in [2.45, 2.75) is 13.0 Å². The van der Waals surface area contributed by atoms with Gasteiger partial charge in [-0.25, -0.2) is 0 Å². The second-order valence-corrected chi connectivity index (χ2v) is 6.85. The monoisotopic (exact) mass is 416 g/mol. The molecular formula is C16H19F3N6O2S. The molecule has 152 valence electrons. The summed E-state index contributed by atoms with van der Waals surface area (Å²) in [5.74, 6) is -0.665. The van der Waals surface area contributed by atoms with Gasteiger partial charge in [-0.05, 0) is 37.5 Å². The van der Waals surface area contributed by atoms with Gasteiger partial charge in [-0.1, -0.05) is 0 Å². The van der Waals surface area contributed by atoms with E-state index in [0.717, 1.165) is 32.2 Å². The van der Waals surface area contributed by atoms with Gasteiger partial charge in [0.25, 0.3) is 0 Å². The number of halogens is 3. The van der Waals surface area contributed by atoms with Crippen LogP contribution in [0.15, 0.2) is 28.4 Å². The van der Waals surface area contributed by atoms with Gasteiger partial charge in [0.15, 0.2) is 5.69 Å². The molecule has 0 unspecified atom stereocenters. The Bertz CT molecular complexity index is 906. The summed E-state index contributed by atoms with van der Waals surface area (Å²) in [4.78, 5) is 4.31. The molecule has 1 aromatic carbocycles. The number of aromatic nitrogens is 1. The molecule has 0 radical (unpaired) electrons. The van der Waals surface area contributed by atoms with Gasteiger partial charge in [0.2, 0.25) is 11.0 Å². The average Bonchev–Trinajstić information content (AvgIpc) is 2.85. The third kappa shape index (κ3) is 4.69. The molecular weight excluding hydrogens is 397 g/mol. The fraction of sp³-hybridized carbons (Fsp3) is 0.438. The van der Waals surface area contributed by atoms with Crippen molar-refractivity contribution in [2.75, 3.05) is 33.2 Å². The van der Waals surface area contributed by atoms with Crippen molar-refractivity contribution in [3.63, 3.8) is 0 Å². The first-order chi connectivity index (χ1) is 13.1. The smallest absolute Gasteiger partial charge is 0.493 e. The molecule has 1 aliphatic heterocycles. The number of likely N-dealkylation sites (N-methyl/N-ethyl adjacent to an activating group) is 1. The number of ether oxygens (including phenoxy) is 1. The van der Waals surface area contributed by atoms with Crippen LogP contribution < -0.4 is 10.5 Å². The standard InChI is InChI=1S/C16H19F3N6O2S/c1-23-4-6-24(7-5-23)9-25-12-3-2-10(27-16(17,18)19)8-11(12)13(14(25)26)21-22-15(20)28/h2-3,8,26H,4-7,9H2,1H3,(H2,20,28). The Morgan fingerprint density at radius 1 is 1.29 bits per heavy atom. The number of piperazine rings is 1. The molecule has 3 rings (SSSR count). The number of hydrogen-bond acceptors (Lipinski definition) is 6. The van der Waals surface area contributed by atoms with E-state index in [-0.39, 0.29) is 22.1 Å². The van der Waals surface area contributed by atoms with E-state index in [1.54, 1.807) is 4.57 Å². The number of aromatic hydroxyl groups is 1. The van der Waals surface area contributed by atoms with Gasteiger partial charge < -0.3 is 20.5 Å². The van der Waals surface area contributed by atoms with Crippen molar-refractivity contribution >= 4 is 33.9 Å². The maximum atomic E-state index is 12.6. The molecule has 2 heterocycles. The molecule has 0 atom stereocenters. The molecule has 1 aromatic heterocycles. The van der Waals surface area contributed by atoms with Gasteiger partial charge in [-0.15, -0.1) is 23.4 Å². The topological polar surface area (TPSA) is 91.6 Å². The first kappa shape index (κ1) is 20.3. The predicted octanol–water partition coefficient (Wildman–Crippen LogP) is 2.78. The van der Waals surface area contributed by atoms with Gasteiger partial charge in [0.1, 0.15) is 5.75 Å². The molecule has 28 heavy (non-hydrogen) atoms. The minimum absolute atomic E-state index is 0.0236. The number of benzene rings is 1. The Kier molecular flexibility index (Phi) is 5.72. The third-order valence-electron chi connectivity index (χ3n) is 4.40.